The van der Waals surface area contributed by atoms with Crippen molar-refractivity contribution in [1.82, 2.24) is 0 Å². The van der Waals surface area contributed by atoms with Gasteiger partial charge in [0, 0.05) is 24.4 Å². The summed E-state index contributed by atoms with van der Waals surface area (Å²) in [5.41, 5.74) is 5.40. The van der Waals surface area contributed by atoms with Crippen molar-refractivity contribution in [2.75, 3.05) is 5.32 Å². The van der Waals surface area contributed by atoms with E-state index in [1.807, 2.05) is 26.0 Å². The highest BCUT2D eigenvalue weighted by molar-refractivity contribution is 5.92. The maximum atomic E-state index is 13.2. The fourth-order valence-corrected chi connectivity index (χ4v) is 2.60. The molecule has 2 aromatic carbocycles. The van der Waals surface area contributed by atoms with Crippen molar-refractivity contribution < 1.29 is 13.2 Å². The van der Waals surface area contributed by atoms with E-state index in [0.717, 1.165) is 46.8 Å². The van der Waals surface area contributed by atoms with E-state index in [1.54, 1.807) is 0 Å². The smallest absolute Gasteiger partial charge is 0.194 e. The fraction of sp³-hybridized carbons (Fsp3) is 0.235. The number of anilines is 1. The van der Waals surface area contributed by atoms with E-state index in [-0.39, 0.29) is 6.54 Å². The lowest BCUT2D eigenvalue weighted by Gasteiger charge is -2.12. The van der Waals surface area contributed by atoms with Crippen LogP contribution in [-0.2, 0) is 13.0 Å². The van der Waals surface area contributed by atoms with Gasteiger partial charge in [0.05, 0.1) is 5.69 Å². The largest absolute Gasteiger partial charge is 0.381 e. The molecule has 0 radical (unpaired) electrons. The molecule has 0 aromatic heterocycles. The molecule has 1 N–H and O–H groups in total. The van der Waals surface area contributed by atoms with Gasteiger partial charge in [-0.3, -0.25) is 4.99 Å². The van der Waals surface area contributed by atoms with Crippen LogP contribution in [0.3, 0.4) is 0 Å². The molecule has 0 atom stereocenters. The summed E-state index contributed by atoms with van der Waals surface area (Å²) in [5, 5.41) is 3.14. The molecule has 22 heavy (non-hydrogen) atoms. The molecule has 0 saturated heterocycles. The third kappa shape index (κ3) is 2.71. The first-order chi connectivity index (χ1) is 10.4. The molecule has 0 amide bonds. The highest BCUT2D eigenvalue weighted by atomic mass is 19.2. The molecule has 1 aliphatic rings. The summed E-state index contributed by atoms with van der Waals surface area (Å²) in [4.78, 5) is 4.45. The third-order valence-corrected chi connectivity index (χ3v) is 3.71. The van der Waals surface area contributed by atoms with Crippen molar-refractivity contribution in [3.63, 3.8) is 0 Å². The van der Waals surface area contributed by atoms with Crippen LogP contribution in [0, 0.1) is 24.4 Å². The number of fused-ring (bicyclic) bond motifs is 1. The molecule has 3 rings (SSSR count). The number of aryl methyl sites for hydroxylation is 1. The molecular formula is C17H15F3N2. The normalized spacial score (nSPS) is 13.0. The lowest BCUT2D eigenvalue weighted by molar-refractivity contribution is 0.445. The molecule has 5 heteroatoms. The molecule has 1 aliphatic heterocycles. The second-order valence-corrected chi connectivity index (χ2v) is 5.55. The molecule has 0 fully saturated rings. The number of rotatable bonds is 3. The monoisotopic (exact) mass is 304 g/mol. The quantitative estimate of drug-likeness (QED) is 0.819. The van der Waals surface area contributed by atoms with Gasteiger partial charge in [0.2, 0.25) is 0 Å². The Kier molecular flexibility index (Phi) is 3.64. The molecule has 1 heterocycles. The number of aliphatic imine (C=N–C) groups is 1. The number of nitrogens with one attached hydrogen (secondary N) is 1. The molecule has 0 saturated carbocycles. The summed E-state index contributed by atoms with van der Waals surface area (Å²) in [5.74, 6) is -3.79. The van der Waals surface area contributed by atoms with Crippen molar-refractivity contribution in [2.24, 2.45) is 4.99 Å². The number of hydrogen-bond donors (Lipinski definition) is 1. The summed E-state index contributed by atoms with van der Waals surface area (Å²) in [6, 6.07) is 5.99. The number of nitrogens with zero attached hydrogens (tertiary/aromatic N) is 1. The van der Waals surface area contributed by atoms with Crippen LogP contribution < -0.4 is 5.32 Å². The van der Waals surface area contributed by atoms with Crippen LogP contribution in [0.2, 0.25) is 0 Å². The zero-order valence-electron chi connectivity index (χ0n) is 12.3. The Morgan fingerprint density at radius 1 is 1.05 bits per heavy atom. The number of halogens is 3. The maximum Gasteiger partial charge on any atom is 0.194 e. The van der Waals surface area contributed by atoms with Crippen LogP contribution in [0.5, 0.6) is 0 Å². The first-order valence-corrected chi connectivity index (χ1v) is 6.99. The average Bonchev–Trinajstić information content (AvgIpc) is 2.81. The van der Waals surface area contributed by atoms with E-state index in [9.17, 15) is 13.2 Å². The van der Waals surface area contributed by atoms with Gasteiger partial charge >= 0.3 is 0 Å². The minimum Gasteiger partial charge on any atom is -0.381 e. The van der Waals surface area contributed by atoms with Gasteiger partial charge in [-0.25, -0.2) is 13.2 Å². The van der Waals surface area contributed by atoms with Crippen LogP contribution in [0.15, 0.2) is 29.3 Å². The SMILES string of the molecule is CC1=Nc2cc(C)c(NCc3cc(F)c(F)c(F)c3)cc2C1. The lowest BCUT2D eigenvalue weighted by atomic mass is 10.1. The van der Waals surface area contributed by atoms with E-state index in [1.165, 1.54) is 0 Å². The summed E-state index contributed by atoms with van der Waals surface area (Å²) < 4.78 is 39.4. The summed E-state index contributed by atoms with van der Waals surface area (Å²) in [6.45, 7) is 4.14. The van der Waals surface area contributed by atoms with Crippen molar-refractivity contribution in [3.05, 3.63) is 58.4 Å². The Balaban J connectivity index is 1.80. The van der Waals surface area contributed by atoms with Crippen molar-refractivity contribution in [2.45, 2.75) is 26.8 Å². The molecule has 114 valence electrons. The Bertz CT molecular complexity index is 759. The van der Waals surface area contributed by atoms with Gasteiger partial charge in [0.1, 0.15) is 0 Å². The minimum atomic E-state index is -1.44. The zero-order chi connectivity index (χ0) is 15.9. The molecule has 0 aliphatic carbocycles. The average molecular weight is 304 g/mol. The highest BCUT2D eigenvalue weighted by Gasteiger charge is 2.14. The van der Waals surface area contributed by atoms with Gasteiger partial charge in [-0.05, 0) is 54.8 Å². The zero-order valence-corrected chi connectivity index (χ0v) is 12.3. The van der Waals surface area contributed by atoms with Gasteiger partial charge in [0.15, 0.2) is 17.5 Å². The van der Waals surface area contributed by atoms with Gasteiger partial charge in [-0.2, -0.15) is 0 Å². The van der Waals surface area contributed by atoms with Gasteiger partial charge in [0.25, 0.3) is 0 Å². The summed E-state index contributed by atoms with van der Waals surface area (Å²) >= 11 is 0. The Hall–Kier alpha value is -2.30. The van der Waals surface area contributed by atoms with E-state index in [4.69, 9.17) is 0 Å². The van der Waals surface area contributed by atoms with Gasteiger partial charge in [-0.1, -0.05) is 0 Å². The van der Waals surface area contributed by atoms with Crippen molar-refractivity contribution in [3.8, 4) is 0 Å². The molecule has 0 bridgehead atoms. The molecule has 2 nitrogen and oxygen atoms in total. The first kappa shape index (κ1) is 14.6. The lowest BCUT2D eigenvalue weighted by Crippen LogP contribution is -2.04. The molecule has 0 spiro atoms. The topological polar surface area (TPSA) is 24.4 Å². The number of benzene rings is 2. The van der Waals surface area contributed by atoms with Crippen LogP contribution in [0.4, 0.5) is 24.5 Å². The third-order valence-electron chi connectivity index (χ3n) is 3.71. The van der Waals surface area contributed by atoms with Crippen LogP contribution in [0.1, 0.15) is 23.6 Å². The van der Waals surface area contributed by atoms with E-state index in [0.29, 0.717) is 5.56 Å². The maximum absolute atomic E-state index is 13.2. The number of hydrogen-bond acceptors (Lipinski definition) is 2. The van der Waals surface area contributed by atoms with E-state index < -0.39 is 17.5 Å². The van der Waals surface area contributed by atoms with E-state index in [2.05, 4.69) is 10.3 Å². The van der Waals surface area contributed by atoms with Crippen LogP contribution >= 0.6 is 0 Å². The standard InChI is InChI=1S/C17H15F3N2/c1-9-3-16-12(4-10(2)22-16)7-15(9)21-8-11-5-13(18)17(20)14(19)6-11/h3,5-7,21H,4,8H2,1-2H3. The van der Waals surface area contributed by atoms with Gasteiger partial charge in [-0.15, -0.1) is 0 Å². The Labute approximate surface area is 126 Å². The van der Waals surface area contributed by atoms with Gasteiger partial charge < -0.3 is 5.32 Å². The summed E-state index contributed by atoms with van der Waals surface area (Å²) in [7, 11) is 0. The van der Waals surface area contributed by atoms with Crippen LogP contribution in [-0.4, -0.2) is 5.71 Å². The highest BCUT2D eigenvalue weighted by Crippen LogP contribution is 2.32. The van der Waals surface area contributed by atoms with E-state index >= 15 is 0 Å². The summed E-state index contributed by atoms with van der Waals surface area (Å²) in [6.07, 6.45) is 0.810. The molecule has 0 unspecified atom stereocenters. The minimum absolute atomic E-state index is 0.216. The first-order valence-electron chi connectivity index (χ1n) is 6.99. The van der Waals surface area contributed by atoms with Crippen LogP contribution in [0.25, 0.3) is 0 Å². The Morgan fingerprint density at radius 3 is 2.41 bits per heavy atom. The van der Waals surface area contributed by atoms with Crippen molar-refractivity contribution >= 4 is 17.1 Å². The second-order valence-electron chi connectivity index (χ2n) is 5.55. The molecule has 2 aromatic rings. The predicted octanol–water partition coefficient (Wildman–Crippen LogP) is 4.67. The predicted molar refractivity (Wildman–Crippen MR) is 81.3 cm³/mol. The molecular weight excluding hydrogens is 289 g/mol. The fourth-order valence-electron chi connectivity index (χ4n) is 2.60. The second kappa shape index (κ2) is 5.48. The van der Waals surface area contributed by atoms with Crippen molar-refractivity contribution in [1.29, 1.82) is 0 Å². The Morgan fingerprint density at radius 2 is 1.73 bits per heavy atom.